The Bertz CT molecular complexity index is 555. The maximum Gasteiger partial charge on any atom is 0.422 e. The van der Waals surface area contributed by atoms with Crippen LogP contribution in [0.3, 0.4) is 0 Å². The fourth-order valence-corrected chi connectivity index (χ4v) is 2.51. The normalized spacial score (nSPS) is 13.1. The smallest absolute Gasteiger partial charge is 0.422 e. The summed E-state index contributed by atoms with van der Waals surface area (Å²) >= 11 is 1.52. The molecule has 0 amide bonds. The van der Waals surface area contributed by atoms with Crippen LogP contribution in [0.15, 0.2) is 41.1 Å². The molecule has 1 atom stereocenters. The molecule has 0 bridgehead atoms. The van der Waals surface area contributed by atoms with Crippen LogP contribution < -0.4 is 10.1 Å². The van der Waals surface area contributed by atoms with E-state index in [1.807, 2.05) is 16.8 Å². The van der Waals surface area contributed by atoms with Crippen molar-refractivity contribution in [2.45, 2.75) is 18.8 Å². The summed E-state index contributed by atoms with van der Waals surface area (Å²) in [6, 6.07) is 8.24. The first-order chi connectivity index (χ1) is 10.4. The second-order valence-electron chi connectivity index (χ2n) is 4.75. The van der Waals surface area contributed by atoms with Crippen LogP contribution in [-0.2, 0) is 6.54 Å². The number of hydrogen-bond donors (Lipinski definition) is 2. The predicted molar refractivity (Wildman–Crippen MR) is 79.0 cm³/mol. The van der Waals surface area contributed by atoms with E-state index in [1.54, 1.807) is 12.1 Å². The van der Waals surface area contributed by atoms with Crippen LogP contribution in [0.25, 0.3) is 0 Å². The van der Waals surface area contributed by atoms with Crippen LogP contribution in [0.2, 0.25) is 0 Å². The first-order valence-corrected chi connectivity index (χ1v) is 7.58. The molecule has 3 nitrogen and oxygen atoms in total. The summed E-state index contributed by atoms with van der Waals surface area (Å²) in [5.41, 5.74) is 1.77. The number of aliphatic hydroxyl groups is 1. The summed E-state index contributed by atoms with van der Waals surface area (Å²) in [6.45, 7) is -0.374. The summed E-state index contributed by atoms with van der Waals surface area (Å²) in [5.74, 6) is 0.180. The van der Waals surface area contributed by atoms with Crippen LogP contribution in [-0.4, -0.2) is 24.4 Å². The van der Waals surface area contributed by atoms with Crippen molar-refractivity contribution < 1.29 is 23.0 Å². The maximum absolute atomic E-state index is 12.0. The van der Waals surface area contributed by atoms with Gasteiger partial charge in [0, 0.05) is 13.1 Å². The molecule has 0 fully saturated rings. The van der Waals surface area contributed by atoms with Gasteiger partial charge < -0.3 is 15.2 Å². The molecule has 0 saturated carbocycles. The van der Waals surface area contributed by atoms with Gasteiger partial charge in [-0.05, 0) is 40.1 Å². The fourth-order valence-electron chi connectivity index (χ4n) is 1.80. The molecule has 1 aromatic carbocycles. The van der Waals surface area contributed by atoms with Gasteiger partial charge in [0.25, 0.3) is 0 Å². The van der Waals surface area contributed by atoms with Crippen molar-refractivity contribution in [1.29, 1.82) is 0 Å². The van der Waals surface area contributed by atoms with Crippen LogP contribution in [0.1, 0.15) is 17.2 Å². The monoisotopic (exact) mass is 331 g/mol. The Balaban J connectivity index is 1.74. The maximum atomic E-state index is 12.0. The second kappa shape index (κ2) is 7.62. The van der Waals surface area contributed by atoms with Gasteiger partial charge in [-0.15, -0.1) is 0 Å². The number of hydrogen-bond acceptors (Lipinski definition) is 4. The molecule has 2 rings (SSSR count). The zero-order valence-electron chi connectivity index (χ0n) is 11.6. The minimum absolute atomic E-state index is 0.180. The highest BCUT2D eigenvalue weighted by atomic mass is 32.1. The average Bonchev–Trinajstić information content (AvgIpc) is 3.00. The first kappa shape index (κ1) is 16.8. The van der Waals surface area contributed by atoms with Crippen molar-refractivity contribution in [2.75, 3.05) is 13.2 Å². The molecule has 0 radical (unpaired) electrons. The van der Waals surface area contributed by atoms with E-state index >= 15 is 0 Å². The standard InChI is InChI=1S/C15H16F3NO2S/c16-15(17,18)10-21-13-3-1-11(2-4-13)7-19-8-14(20)12-5-6-22-9-12/h1-6,9,14,19-20H,7-8,10H2. The molecule has 1 unspecified atom stereocenters. The van der Waals surface area contributed by atoms with Gasteiger partial charge in [0.05, 0.1) is 6.10 Å². The average molecular weight is 331 g/mol. The molecular formula is C15H16F3NO2S. The van der Waals surface area contributed by atoms with E-state index in [0.717, 1.165) is 11.1 Å². The molecule has 120 valence electrons. The van der Waals surface area contributed by atoms with Crippen molar-refractivity contribution >= 4 is 11.3 Å². The minimum atomic E-state index is -4.34. The van der Waals surface area contributed by atoms with E-state index in [0.29, 0.717) is 13.1 Å². The quantitative estimate of drug-likeness (QED) is 0.816. The lowest BCUT2D eigenvalue weighted by Gasteiger charge is -2.11. The van der Waals surface area contributed by atoms with E-state index in [4.69, 9.17) is 0 Å². The van der Waals surface area contributed by atoms with Gasteiger partial charge in [0.1, 0.15) is 5.75 Å². The van der Waals surface area contributed by atoms with Crippen molar-refractivity contribution in [2.24, 2.45) is 0 Å². The number of ether oxygens (including phenoxy) is 1. The second-order valence-corrected chi connectivity index (χ2v) is 5.53. The number of aliphatic hydroxyl groups excluding tert-OH is 1. The predicted octanol–water partition coefficient (Wildman–Crippen LogP) is 3.51. The number of benzene rings is 1. The molecule has 1 heterocycles. The van der Waals surface area contributed by atoms with Gasteiger partial charge in [-0.25, -0.2) is 0 Å². The van der Waals surface area contributed by atoms with Gasteiger partial charge in [0.15, 0.2) is 6.61 Å². The van der Waals surface area contributed by atoms with Crippen LogP contribution in [0.5, 0.6) is 5.75 Å². The Hall–Kier alpha value is -1.57. The zero-order valence-corrected chi connectivity index (χ0v) is 12.5. The van der Waals surface area contributed by atoms with Crippen molar-refractivity contribution in [3.63, 3.8) is 0 Å². The third kappa shape index (κ3) is 5.67. The molecule has 0 aliphatic rings. The topological polar surface area (TPSA) is 41.5 Å². The molecular weight excluding hydrogens is 315 g/mol. The molecule has 0 spiro atoms. The molecule has 7 heteroatoms. The third-order valence-corrected chi connectivity index (χ3v) is 3.62. The van der Waals surface area contributed by atoms with Crippen molar-refractivity contribution in [1.82, 2.24) is 5.32 Å². The lowest BCUT2D eigenvalue weighted by Crippen LogP contribution is -2.21. The highest BCUT2D eigenvalue weighted by Crippen LogP contribution is 2.19. The molecule has 1 aromatic heterocycles. The van der Waals surface area contributed by atoms with E-state index in [9.17, 15) is 18.3 Å². The molecule has 0 aliphatic heterocycles. The highest BCUT2D eigenvalue weighted by molar-refractivity contribution is 7.07. The van der Waals surface area contributed by atoms with Crippen molar-refractivity contribution in [3.8, 4) is 5.75 Å². The number of thiophene rings is 1. The van der Waals surface area contributed by atoms with E-state index in [-0.39, 0.29) is 5.75 Å². The summed E-state index contributed by atoms with van der Waals surface area (Å²) in [5, 5.41) is 16.8. The van der Waals surface area contributed by atoms with Gasteiger partial charge in [-0.3, -0.25) is 0 Å². The largest absolute Gasteiger partial charge is 0.484 e. The summed E-state index contributed by atoms with van der Waals surface area (Å²) in [4.78, 5) is 0. The molecule has 2 aromatic rings. The Morgan fingerprint density at radius 3 is 2.50 bits per heavy atom. The number of rotatable bonds is 7. The first-order valence-electron chi connectivity index (χ1n) is 6.63. The van der Waals surface area contributed by atoms with Crippen LogP contribution in [0.4, 0.5) is 13.2 Å². The SMILES string of the molecule is OC(CNCc1ccc(OCC(F)(F)F)cc1)c1ccsc1. The van der Waals surface area contributed by atoms with E-state index in [1.165, 1.54) is 23.5 Å². The van der Waals surface area contributed by atoms with Gasteiger partial charge >= 0.3 is 6.18 Å². The molecule has 22 heavy (non-hydrogen) atoms. The zero-order chi connectivity index (χ0) is 16.0. The highest BCUT2D eigenvalue weighted by Gasteiger charge is 2.28. The summed E-state index contributed by atoms with van der Waals surface area (Å²) in [6.07, 6.45) is -4.90. The summed E-state index contributed by atoms with van der Waals surface area (Å²) in [7, 11) is 0. The Morgan fingerprint density at radius 1 is 1.18 bits per heavy atom. The lowest BCUT2D eigenvalue weighted by molar-refractivity contribution is -0.153. The fraction of sp³-hybridized carbons (Fsp3) is 0.333. The van der Waals surface area contributed by atoms with Crippen molar-refractivity contribution in [3.05, 3.63) is 52.2 Å². The summed E-state index contributed by atoms with van der Waals surface area (Å²) < 4.78 is 40.7. The van der Waals surface area contributed by atoms with Gasteiger partial charge in [0.2, 0.25) is 0 Å². The Labute approximate surface area is 130 Å². The molecule has 2 N–H and O–H groups in total. The lowest BCUT2D eigenvalue weighted by atomic mass is 10.2. The number of halogens is 3. The minimum Gasteiger partial charge on any atom is -0.484 e. The van der Waals surface area contributed by atoms with Gasteiger partial charge in [-0.2, -0.15) is 24.5 Å². The van der Waals surface area contributed by atoms with Gasteiger partial charge in [-0.1, -0.05) is 12.1 Å². The molecule has 0 saturated heterocycles. The van der Waals surface area contributed by atoms with Crippen LogP contribution >= 0.6 is 11.3 Å². The van der Waals surface area contributed by atoms with Crippen LogP contribution in [0, 0.1) is 0 Å². The molecule has 0 aliphatic carbocycles. The van der Waals surface area contributed by atoms with E-state index < -0.39 is 18.9 Å². The number of alkyl halides is 3. The Morgan fingerprint density at radius 2 is 1.91 bits per heavy atom. The number of nitrogens with one attached hydrogen (secondary N) is 1. The van der Waals surface area contributed by atoms with E-state index in [2.05, 4.69) is 10.1 Å². The third-order valence-electron chi connectivity index (χ3n) is 2.92. The Kier molecular flexibility index (Phi) is 5.82.